The standard InChI is InChI=1S/C12H15N3O5S/c1-12(2-5-19-14(20-12)3-4-16)15-10(17)7-6-21-9(13)8(7)11(15)18/h6,16H,2-5,13H2,1H3. The van der Waals surface area contributed by atoms with Crippen LogP contribution in [0.25, 0.3) is 0 Å². The zero-order valence-electron chi connectivity index (χ0n) is 11.4. The summed E-state index contributed by atoms with van der Waals surface area (Å²) in [5.41, 5.74) is 5.16. The Labute approximate surface area is 124 Å². The molecule has 1 aromatic rings. The summed E-state index contributed by atoms with van der Waals surface area (Å²) >= 11 is 1.17. The number of nitrogens with two attached hydrogens (primary N) is 1. The van der Waals surface area contributed by atoms with Crippen LogP contribution >= 0.6 is 11.3 Å². The summed E-state index contributed by atoms with van der Waals surface area (Å²) in [6.07, 6.45) is 0.333. The maximum atomic E-state index is 12.5. The first-order valence-electron chi connectivity index (χ1n) is 6.44. The maximum Gasteiger partial charge on any atom is 0.266 e. The van der Waals surface area contributed by atoms with Crippen molar-refractivity contribution in [3.63, 3.8) is 0 Å². The van der Waals surface area contributed by atoms with Gasteiger partial charge in [-0.25, -0.2) is 9.74 Å². The van der Waals surface area contributed by atoms with Crippen LogP contribution in [-0.2, 0) is 9.68 Å². The first-order valence-corrected chi connectivity index (χ1v) is 7.32. The van der Waals surface area contributed by atoms with Gasteiger partial charge in [0.2, 0.25) is 0 Å². The van der Waals surface area contributed by atoms with E-state index in [9.17, 15) is 9.59 Å². The van der Waals surface area contributed by atoms with Gasteiger partial charge in [-0.05, 0) is 6.92 Å². The number of nitrogen functional groups attached to an aromatic ring is 1. The fourth-order valence-electron chi connectivity index (χ4n) is 2.48. The molecule has 3 rings (SSSR count). The highest BCUT2D eigenvalue weighted by atomic mass is 32.1. The number of imide groups is 1. The van der Waals surface area contributed by atoms with Gasteiger partial charge in [0, 0.05) is 11.8 Å². The molecule has 2 amide bonds. The lowest BCUT2D eigenvalue weighted by atomic mass is 10.1. The van der Waals surface area contributed by atoms with Crippen molar-refractivity contribution in [1.82, 2.24) is 10.1 Å². The number of aliphatic hydroxyl groups is 1. The minimum Gasteiger partial charge on any atom is -0.395 e. The van der Waals surface area contributed by atoms with Gasteiger partial charge in [0.1, 0.15) is 0 Å². The number of carbonyl (C=O) groups is 2. The molecular formula is C12H15N3O5S. The predicted octanol–water partition coefficient (Wildman–Crippen LogP) is 0.204. The molecule has 8 nitrogen and oxygen atoms in total. The average molecular weight is 313 g/mol. The van der Waals surface area contributed by atoms with Crippen molar-refractivity contribution in [3.05, 3.63) is 16.5 Å². The molecule has 1 unspecified atom stereocenters. The van der Waals surface area contributed by atoms with Crippen molar-refractivity contribution in [2.45, 2.75) is 19.1 Å². The van der Waals surface area contributed by atoms with E-state index in [1.807, 2.05) is 0 Å². The zero-order valence-corrected chi connectivity index (χ0v) is 12.2. The lowest BCUT2D eigenvalue weighted by Crippen LogP contribution is -2.58. The lowest BCUT2D eigenvalue weighted by Gasteiger charge is -2.42. The molecule has 2 aliphatic rings. The Morgan fingerprint density at radius 3 is 2.90 bits per heavy atom. The van der Waals surface area contributed by atoms with E-state index in [0.29, 0.717) is 17.0 Å². The third-order valence-electron chi connectivity index (χ3n) is 3.53. The second kappa shape index (κ2) is 5.04. The van der Waals surface area contributed by atoms with Crippen LogP contribution in [0.1, 0.15) is 34.1 Å². The first kappa shape index (κ1) is 14.4. The van der Waals surface area contributed by atoms with Crippen molar-refractivity contribution in [2.75, 3.05) is 25.5 Å². The molecule has 0 saturated carbocycles. The monoisotopic (exact) mass is 313 g/mol. The van der Waals surface area contributed by atoms with Crippen molar-refractivity contribution < 1.29 is 24.4 Å². The van der Waals surface area contributed by atoms with Crippen LogP contribution in [0, 0.1) is 0 Å². The number of nitrogens with zero attached hydrogens (tertiary/aromatic N) is 2. The highest BCUT2D eigenvalue weighted by Gasteiger charge is 2.51. The van der Waals surface area contributed by atoms with Gasteiger partial charge in [-0.2, -0.15) is 0 Å². The number of fused-ring (bicyclic) bond motifs is 1. The Kier molecular flexibility index (Phi) is 3.46. The molecule has 114 valence electrons. The van der Waals surface area contributed by atoms with Gasteiger partial charge in [-0.3, -0.25) is 14.4 Å². The third-order valence-corrected chi connectivity index (χ3v) is 4.34. The number of carbonyl (C=O) groups excluding carboxylic acids is 2. The van der Waals surface area contributed by atoms with Gasteiger partial charge in [0.05, 0.1) is 35.9 Å². The van der Waals surface area contributed by atoms with Crippen LogP contribution < -0.4 is 5.73 Å². The molecular weight excluding hydrogens is 298 g/mol. The fraction of sp³-hybridized carbons (Fsp3) is 0.500. The summed E-state index contributed by atoms with van der Waals surface area (Å²) in [5.74, 6) is -0.876. The summed E-state index contributed by atoms with van der Waals surface area (Å²) in [6, 6.07) is 0. The van der Waals surface area contributed by atoms with E-state index in [-0.39, 0.29) is 25.3 Å². The van der Waals surface area contributed by atoms with E-state index in [1.165, 1.54) is 11.3 Å². The Morgan fingerprint density at radius 1 is 1.48 bits per heavy atom. The molecule has 3 heterocycles. The largest absolute Gasteiger partial charge is 0.395 e. The van der Waals surface area contributed by atoms with Crippen LogP contribution in [0.15, 0.2) is 5.38 Å². The summed E-state index contributed by atoms with van der Waals surface area (Å²) in [5, 5.41) is 11.9. The van der Waals surface area contributed by atoms with Gasteiger partial charge in [-0.1, -0.05) is 5.23 Å². The Bertz CT molecular complexity index is 602. The second-order valence-corrected chi connectivity index (χ2v) is 5.88. The zero-order chi connectivity index (χ0) is 15.2. The third kappa shape index (κ3) is 2.14. The van der Waals surface area contributed by atoms with Gasteiger partial charge >= 0.3 is 0 Å². The van der Waals surface area contributed by atoms with E-state index in [0.717, 1.165) is 10.1 Å². The summed E-state index contributed by atoms with van der Waals surface area (Å²) < 4.78 is 0. The number of thiophene rings is 1. The summed E-state index contributed by atoms with van der Waals surface area (Å²) in [7, 11) is 0. The fourth-order valence-corrected chi connectivity index (χ4v) is 3.26. The molecule has 1 fully saturated rings. The molecule has 0 spiro atoms. The predicted molar refractivity (Wildman–Crippen MR) is 73.1 cm³/mol. The number of amides is 2. The van der Waals surface area contributed by atoms with Crippen LogP contribution in [0.3, 0.4) is 0 Å². The number of hydroxylamine groups is 2. The number of aliphatic hydroxyl groups excluding tert-OH is 1. The molecule has 9 heteroatoms. The van der Waals surface area contributed by atoms with Crippen LogP contribution in [0.4, 0.5) is 5.00 Å². The summed E-state index contributed by atoms with van der Waals surface area (Å²) in [4.78, 5) is 36.8. The summed E-state index contributed by atoms with van der Waals surface area (Å²) in [6.45, 7) is 1.87. The van der Waals surface area contributed by atoms with E-state index >= 15 is 0 Å². The Morgan fingerprint density at radius 2 is 2.24 bits per heavy atom. The van der Waals surface area contributed by atoms with Gasteiger partial charge in [0.15, 0.2) is 5.72 Å². The molecule has 1 saturated heterocycles. The van der Waals surface area contributed by atoms with Crippen molar-refractivity contribution >= 4 is 28.2 Å². The molecule has 21 heavy (non-hydrogen) atoms. The number of hydrogen-bond acceptors (Lipinski definition) is 8. The van der Waals surface area contributed by atoms with Crippen molar-refractivity contribution in [2.24, 2.45) is 0 Å². The van der Waals surface area contributed by atoms with Crippen LogP contribution in [0.2, 0.25) is 0 Å². The molecule has 1 atom stereocenters. The van der Waals surface area contributed by atoms with Gasteiger partial charge in [-0.15, -0.1) is 11.3 Å². The van der Waals surface area contributed by atoms with Crippen LogP contribution in [-0.4, -0.2) is 52.5 Å². The highest BCUT2D eigenvalue weighted by molar-refractivity contribution is 7.14. The molecule has 0 aliphatic carbocycles. The van der Waals surface area contributed by atoms with Crippen molar-refractivity contribution in [3.8, 4) is 0 Å². The average Bonchev–Trinajstić information content (AvgIpc) is 2.91. The molecule has 2 aliphatic heterocycles. The first-order chi connectivity index (χ1) is 9.98. The van der Waals surface area contributed by atoms with Gasteiger partial charge in [0.25, 0.3) is 11.8 Å². The topological polar surface area (TPSA) is 105 Å². The SMILES string of the molecule is CC1(N2C(=O)c3csc(N)c3C2=O)CCON(CCO)O1. The molecule has 3 N–H and O–H groups in total. The Balaban J connectivity index is 1.90. The van der Waals surface area contributed by atoms with Gasteiger partial charge < -0.3 is 10.8 Å². The quantitative estimate of drug-likeness (QED) is 0.768. The minimum absolute atomic E-state index is 0.120. The van der Waals surface area contributed by atoms with Crippen LogP contribution in [0.5, 0.6) is 0 Å². The van der Waals surface area contributed by atoms with E-state index in [4.69, 9.17) is 20.5 Å². The van der Waals surface area contributed by atoms with E-state index < -0.39 is 17.5 Å². The highest BCUT2D eigenvalue weighted by Crippen LogP contribution is 2.39. The Hall–Kier alpha value is -1.52. The maximum absolute atomic E-state index is 12.5. The van der Waals surface area contributed by atoms with E-state index in [2.05, 4.69) is 0 Å². The van der Waals surface area contributed by atoms with Crippen molar-refractivity contribution in [1.29, 1.82) is 0 Å². The second-order valence-electron chi connectivity index (χ2n) is 4.96. The van der Waals surface area contributed by atoms with E-state index in [1.54, 1.807) is 12.3 Å². The number of rotatable bonds is 3. The number of β-amino-alcohol motifs (C(OH)–C–C–N with tert-alkyl or cyclic N) is 1. The molecule has 0 radical (unpaired) electrons. The molecule has 0 bridgehead atoms. The molecule has 1 aromatic heterocycles. The smallest absolute Gasteiger partial charge is 0.266 e. The number of anilines is 1. The minimum atomic E-state index is -1.16. The number of hydrogen-bond donors (Lipinski definition) is 2. The lowest BCUT2D eigenvalue weighted by molar-refractivity contribution is -0.452. The molecule has 0 aromatic carbocycles. The normalized spacial score (nSPS) is 26.5.